The molecular weight excluding hydrogens is 361 g/mol. The number of Topliss-reactive ketones (excluding diaryl/α,β-unsaturated/α-hetero) is 1. The van der Waals surface area contributed by atoms with E-state index in [1.165, 1.54) is 40.6 Å². The normalized spacial score (nSPS) is 14.8. The van der Waals surface area contributed by atoms with Crippen LogP contribution in [-0.2, 0) is 9.59 Å². The number of aromatic amines is 1. The molecule has 6 nitrogen and oxygen atoms in total. The number of hydrogen-bond acceptors (Lipinski definition) is 3. The molecule has 0 saturated heterocycles. The Bertz CT molecular complexity index is 884. The Balaban J connectivity index is 1.83. The van der Waals surface area contributed by atoms with Crippen molar-refractivity contribution in [3.8, 4) is 0 Å². The SMILES string of the molecule is CN(C)C(=O)CN(CC1CCCCC1)C(=O)C(=O)c1c[nH]c2cc(F)ccc12. The number of H-pyrrole nitrogens is 1. The summed E-state index contributed by atoms with van der Waals surface area (Å²) in [6, 6.07) is 4.02. The molecule has 1 aliphatic carbocycles. The molecule has 0 radical (unpaired) electrons. The zero-order valence-electron chi connectivity index (χ0n) is 16.3. The van der Waals surface area contributed by atoms with Crippen molar-refractivity contribution >= 4 is 28.5 Å². The van der Waals surface area contributed by atoms with Gasteiger partial charge in [-0.3, -0.25) is 14.4 Å². The Hall–Kier alpha value is -2.70. The number of rotatable bonds is 6. The molecule has 0 atom stereocenters. The van der Waals surface area contributed by atoms with Crippen molar-refractivity contribution in [3.63, 3.8) is 0 Å². The topological polar surface area (TPSA) is 73.5 Å². The second-order valence-corrected chi connectivity index (χ2v) is 7.70. The summed E-state index contributed by atoms with van der Waals surface area (Å²) in [6.07, 6.45) is 6.83. The fraction of sp³-hybridized carbons (Fsp3) is 0.476. The molecule has 0 spiro atoms. The summed E-state index contributed by atoms with van der Waals surface area (Å²) in [4.78, 5) is 43.8. The molecule has 1 saturated carbocycles. The summed E-state index contributed by atoms with van der Waals surface area (Å²) >= 11 is 0. The summed E-state index contributed by atoms with van der Waals surface area (Å²) in [6.45, 7) is 0.284. The molecule has 1 aliphatic rings. The highest BCUT2D eigenvalue weighted by atomic mass is 19.1. The lowest BCUT2D eigenvalue weighted by molar-refractivity contribution is -0.137. The number of carbonyl (C=O) groups is 3. The molecule has 150 valence electrons. The van der Waals surface area contributed by atoms with Gasteiger partial charge in [0.25, 0.3) is 11.7 Å². The molecule has 0 unspecified atom stereocenters. The van der Waals surface area contributed by atoms with Crippen LogP contribution in [-0.4, -0.2) is 59.6 Å². The van der Waals surface area contributed by atoms with Crippen LogP contribution in [0.15, 0.2) is 24.4 Å². The fourth-order valence-electron chi connectivity index (χ4n) is 3.75. The third-order valence-corrected chi connectivity index (χ3v) is 5.40. The van der Waals surface area contributed by atoms with Gasteiger partial charge in [-0.15, -0.1) is 0 Å². The Morgan fingerprint density at radius 2 is 1.86 bits per heavy atom. The van der Waals surface area contributed by atoms with Crippen molar-refractivity contribution in [2.75, 3.05) is 27.2 Å². The zero-order valence-corrected chi connectivity index (χ0v) is 16.3. The van der Waals surface area contributed by atoms with Crippen LogP contribution in [0.5, 0.6) is 0 Å². The van der Waals surface area contributed by atoms with Crippen LogP contribution in [0.3, 0.4) is 0 Å². The molecule has 1 fully saturated rings. The molecule has 1 heterocycles. The number of likely N-dealkylation sites (N-methyl/N-ethyl adjacent to an activating group) is 1. The lowest BCUT2D eigenvalue weighted by Gasteiger charge is -2.29. The van der Waals surface area contributed by atoms with Gasteiger partial charge in [0.2, 0.25) is 5.91 Å². The van der Waals surface area contributed by atoms with Gasteiger partial charge >= 0.3 is 0 Å². The maximum absolute atomic E-state index is 13.4. The third-order valence-electron chi connectivity index (χ3n) is 5.40. The average molecular weight is 387 g/mol. The van der Waals surface area contributed by atoms with Crippen LogP contribution in [0, 0.1) is 11.7 Å². The Morgan fingerprint density at radius 3 is 2.54 bits per heavy atom. The molecule has 2 aromatic rings. The van der Waals surface area contributed by atoms with Gasteiger partial charge in [-0.1, -0.05) is 19.3 Å². The Kier molecular flexibility index (Phi) is 6.11. The van der Waals surface area contributed by atoms with E-state index in [4.69, 9.17) is 0 Å². The third kappa shape index (κ3) is 4.40. The largest absolute Gasteiger partial charge is 0.360 e. The minimum Gasteiger partial charge on any atom is -0.360 e. The first-order valence-electron chi connectivity index (χ1n) is 9.67. The lowest BCUT2D eigenvalue weighted by atomic mass is 9.89. The van der Waals surface area contributed by atoms with Gasteiger partial charge in [0, 0.05) is 37.7 Å². The van der Waals surface area contributed by atoms with Gasteiger partial charge in [-0.25, -0.2) is 4.39 Å². The molecule has 2 amide bonds. The van der Waals surface area contributed by atoms with Crippen LogP contribution in [0.2, 0.25) is 0 Å². The predicted molar refractivity (Wildman–Crippen MR) is 104 cm³/mol. The number of hydrogen-bond donors (Lipinski definition) is 1. The number of halogens is 1. The van der Waals surface area contributed by atoms with E-state index in [-0.39, 0.29) is 18.0 Å². The first kappa shape index (κ1) is 20.0. The predicted octanol–water partition coefficient (Wildman–Crippen LogP) is 2.99. The van der Waals surface area contributed by atoms with Crippen molar-refractivity contribution in [1.82, 2.24) is 14.8 Å². The highest BCUT2D eigenvalue weighted by Crippen LogP contribution is 2.25. The van der Waals surface area contributed by atoms with Crippen molar-refractivity contribution in [1.29, 1.82) is 0 Å². The molecule has 3 rings (SSSR count). The van der Waals surface area contributed by atoms with Crippen LogP contribution < -0.4 is 0 Å². The van der Waals surface area contributed by atoms with Gasteiger partial charge < -0.3 is 14.8 Å². The number of carbonyl (C=O) groups excluding carboxylic acids is 3. The molecule has 28 heavy (non-hydrogen) atoms. The van der Waals surface area contributed by atoms with E-state index in [2.05, 4.69) is 4.98 Å². The molecule has 1 N–H and O–H groups in total. The van der Waals surface area contributed by atoms with E-state index < -0.39 is 17.5 Å². The standard InChI is InChI=1S/C21H26FN3O3/c1-24(2)19(26)13-25(12-14-6-4-3-5-7-14)21(28)20(27)17-11-23-18-10-15(22)8-9-16(17)18/h8-11,14,23H,3-7,12-13H2,1-2H3. The average Bonchev–Trinajstić information content (AvgIpc) is 3.09. The smallest absolute Gasteiger partial charge is 0.295 e. The second-order valence-electron chi connectivity index (χ2n) is 7.70. The van der Waals surface area contributed by atoms with Gasteiger partial charge in [-0.05, 0) is 37.0 Å². The van der Waals surface area contributed by atoms with Gasteiger partial charge in [-0.2, -0.15) is 0 Å². The van der Waals surface area contributed by atoms with Crippen LogP contribution >= 0.6 is 0 Å². The Labute approximate surface area is 163 Å². The zero-order chi connectivity index (χ0) is 20.3. The van der Waals surface area contributed by atoms with Gasteiger partial charge in [0.05, 0.1) is 5.56 Å². The molecule has 0 aliphatic heterocycles. The molecule has 0 bridgehead atoms. The van der Waals surface area contributed by atoms with Crippen molar-refractivity contribution in [2.24, 2.45) is 5.92 Å². The second kappa shape index (κ2) is 8.54. The quantitative estimate of drug-likeness (QED) is 0.612. The van der Waals surface area contributed by atoms with E-state index in [1.54, 1.807) is 14.1 Å². The number of ketones is 1. The lowest BCUT2D eigenvalue weighted by Crippen LogP contribution is -2.45. The number of aromatic nitrogens is 1. The highest BCUT2D eigenvalue weighted by molar-refractivity contribution is 6.45. The van der Waals surface area contributed by atoms with E-state index in [1.807, 2.05) is 0 Å². The molecule has 7 heteroatoms. The van der Waals surface area contributed by atoms with Crippen molar-refractivity contribution in [3.05, 3.63) is 35.8 Å². The molecule has 1 aromatic heterocycles. The van der Waals surface area contributed by atoms with E-state index in [0.29, 0.717) is 23.4 Å². The first-order chi connectivity index (χ1) is 13.4. The summed E-state index contributed by atoms with van der Waals surface area (Å²) < 4.78 is 13.4. The number of amides is 2. The van der Waals surface area contributed by atoms with E-state index in [0.717, 1.165) is 25.7 Å². The number of fused-ring (bicyclic) bond motifs is 1. The summed E-state index contributed by atoms with van der Waals surface area (Å²) in [7, 11) is 3.25. The van der Waals surface area contributed by atoms with Crippen LogP contribution in [0.1, 0.15) is 42.5 Å². The summed E-state index contributed by atoms with van der Waals surface area (Å²) in [5.74, 6) is -1.71. The molecule has 1 aromatic carbocycles. The molecular formula is C21H26FN3O3. The van der Waals surface area contributed by atoms with E-state index in [9.17, 15) is 18.8 Å². The number of benzene rings is 1. The number of nitrogens with one attached hydrogen (secondary N) is 1. The van der Waals surface area contributed by atoms with Crippen molar-refractivity contribution in [2.45, 2.75) is 32.1 Å². The van der Waals surface area contributed by atoms with Crippen LogP contribution in [0.25, 0.3) is 10.9 Å². The monoisotopic (exact) mass is 387 g/mol. The van der Waals surface area contributed by atoms with Gasteiger partial charge in [0.1, 0.15) is 12.4 Å². The minimum atomic E-state index is -0.689. The van der Waals surface area contributed by atoms with Gasteiger partial charge in [0.15, 0.2) is 0 Å². The summed E-state index contributed by atoms with van der Waals surface area (Å²) in [5.41, 5.74) is 0.658. The maximum Gasteiger partial charge on any atom is 0.295 e. The minimum absolute atomic E-state index is 0.120. The van der Waals surface area contributed by atoms with Crippen LogP contribution in [0.4, 0.5) is 4.39 Å². The Morgan fingerprint density at radius 1 is 1.14 bits per heavy atom. The van der Waals surface area contributed by atoms with E-state index >= 15 is 0 Å². The fourth-order valence-corrected chi connectivity index (χ4v) is 3.75. The highest BCUT2D eigenvalue weighted by Gasteiger charge is 2.29. The summed E-state index contributed by atoms with van der Waals surface area (Å²) in [5, 5.41) is 0.497. The first-order valence-corrected chi connectivity index (χ1v) is 9.67. The number of nitrogens with zero attached hydrogens (tertiary/aromatic N) is 2. The van der Waals surface area contributed by atoms with Crippen molar-refractivity contribution < 1.29 is 18.8 Å². The maximum atomic E-state index is 13.4.